The Balaban J connectivity index is 2.23. The van der Waals surface area contributed by atoms with Gasteiger partial charge in [0.05, 0.1) is 22.0 Å². The van der Waals surface area contributed by atoms with Crippen LogP contribution >= 0.6 is 11.8 Å². The number of benzene rings is 1. The van der Waals surface area contributed by atoms with Gasteiger partial charge in [0, 0.05) is 11.6 Å². The zero-order chi connectivity index (χ0) is 15.5. The van der Waals surface area contributed by atoms with E-state index >= 15 is 0 Å². The van der Waals surface area contributed by atoms with Crippen molar-refractivity contribution in [3.8, 4) is 0 Å². The molecule has 21 heavy (non-hydrogen) atoms. The highest BCUT2D eigenvalue weighted by Crippen LogP contribution is 2.31. The van der Waals surface area contributed by atoms with Crippen LogP contribution in [-0.4, -0.2) is 34.3 Å². The summed E-state index contributed by atoms with van der Waals surface area (Å²) >= 11 is 1.27. The lowest BCUT2D eigenvalue weighted by molar-refractivity contribution is -0.387. The molecule has 0 heterocycles. The van der Waals surface area contributed by atoms with Crippen molar-refractivity contribution in [3.05, 3.63) is 33.9 Å². The fraction of sp³-hybridized carbons (Fsp3) is 0.500. The molecule has 1 aromatic carbocycles. The topological polar surface area (TPSA) is 92.5 Å². The van der Waals surface area contributed by atoms with Crippen LogP contribution in [0, 0.1) is 10.1 Å². The van der Waals surface area contributed by atoms with Crippen molar-refractivity contribution in [3.63, 3.8) is 0 Å². The predicted molar refractivity (Wildman–Crippen MR) is 80.6 cm³/mol. The molecule has 1 fully saturated rings. The molecule has 0 saturated heterocycles. The molecule has 0 radical (unpaired) electrons. The molecule has 114 valence electrons. The van der Waals surface area contributed by atoms with Gasteiger partial charge in [-0.1, -0.05) is 12.8 Å². The average molecular weight is 310 g/mol. The first-order chi connectivity index (χ1) is 10.0. The molecule has 0 aliphatic heterocycles. The fourth-order valence-electron chi connectivity index (χ4n) is 2.66. The summed E-state index contributed by atoms with van der Waals surface area (Å²) in [4.78, 5) is 23.4. The summed E-state index contributed by atoms with van der Waals surface area (Å²) < 4.78 is 0. The predicted octanol–water partition coefficient (Wildman–Crippen LogP) is 2.35. The monoisotopic (exact) mass is 310 g/mol. The lowest BCUT2D eigenvalue weighted by atomic mass is 9.98. The Morgan fingerprint density at radius 3 is 2.67 bits per heavy atom. The smallest absolute Gasteiger partial charge is 0.283 e. The first kappa shape index (κ1) is 15.8. The van der Waals surface area contributed by atoms with Gasteiger partial charge < -0.3 is 10.4 Å². The van der Waals surface area contributed by atoms with Crippen molar-refractivity contribution < 1.29 is 14.8 Å². The minimum atomic E-state index is -0.579. The van der Waals surface area contributed by atoms with E-state index in [0.29, 0.717) is 4.90 Å². The number of aliphatic hydroxyl groups is 1. The minimum absolute atomic E-state index is 0.0698. The number of thioether (sulfide) groups is 1. The van der Waals surface area contributed by atoms with Crippen molar-refractivity contribution in [2.75, 3.05) is 12.9 Å². The Labute approximate surface area is 127 Å². The third-order valence-electron chi connectivity index (χ3n) is 3.88. The van der Waals surface area contributed by atoms with Crippen LogP contribution in [0.5, 0.6) is 0 Å². The van der Waals surface area contributed by atoms with E-state index in [1.165, 1.54) is 17.8 Å². The molecule has 2 N–H and O–H groups in total. The van der Waals surface area contributed by atoms with Gasteiger partial charge >= 0.3 is 0 Å². The normalized spacial score (nSPS) is 16.7. The number of nitrogens with zero attached hydrogens (tertiary/aromatic N) is 1. The van der Waals surface area contributed by atoms with E-state index in [4.69, 9.17) is 0 Å². The molecule has 0 unspecified atom stereocenters. The summed E-state index contributed by atoms with van der Waals surface area (Å²) in [6.45, 7) is -0.107. The van der Waals surface area contributed by atoms with Crippen LogP contribution in [0.3, 0.4) is 0 Å². The highest BCUT2D eigenvalue weighted by molar-refractivity contribution is 7.98. The largest absolute Gasteiger partial charge is 0.394 e. The van der Waals surface area contributed by atoms with Crippen molar-refractivity contribution in [1.29, 1.82) is 0 Å². The summed E-state index contributed by atoms with van der Waals surface area (Å²) in [5.41, 5.74) is -0.400. The maximum Gasteiger partial charge on any atom is 0.283 e. The Hall–Kier alpha value is -1.60. The van der Waals surface area contributed by atoms with E-state index in [2.05, 4.69) is 5.32 Å². The van der Waals surface area contributed by atoms with E-state index in [9.17, 15) is 20.0 Å². The molecule has 1 aliphatic rings. The third-order valence-corrected chi connectivity index (χ3v) is 4.66. The van der Waals surface area contributed by atoms with Gasteiger partial charge in [-0.05, 0) is 31.2 Å². The quantitative estimate of drug-likeness (QED) is 0.495. The number of amides is 1. The van der Waals surface area contributed by atoms with Crippen LogP contribution in [0.25, 0.3) is 0 Å². The summed E-state index contributed by atoms with van der Waals surface area (Å²) in [5, 5.41) is 23.4. The Morgan fingerprint density at radius 2 is 2.14 bits per heavy atom. The van der Waals surface area contributed by atoms with Gasteiger partial charge in [-0.3, -0.25) is 14.9 Å². The molecule has 1 aromatic rings. The maximum atomic E-state index is 12.3. The molecule has 2 rings (SSSR count). The molecule has 1 saturated carbocycles. The molecule has 0 bridgehead atoms. The molecular formula is C14H18N2O4S. The number of hydrogen-bond donors (Lipinski definition) is 2. The lowest BCUT2D eigenvalue weighted by Crippen LogP contribution is -2.49. The van der Waals surface area contributed by atoms with E-state index in [-0.39, 0.29) is 23.8 Å². The Kier molecular flexibility index (Phi) is 4.84. The Bertz CT molecular complexity index is 556. The van der Waals surface area contributed by atoms with Crippen LogP contribution in [0.1, 0.15) is 36.0 Å². The van der Waals surface area contributed by atoms with Crippen LogP contribution in [0.15, 0.2) is 23.1 Å². The Morgan fingerprint density at radius 1 is 1.48 bits per heavy atom. The molecule has 0 atom stereocenters. The van der Waals surface area contributed by atoms with Gasteiger partial charge in [0.2, 0.25) is 0 Å². The first-order valence-corrected chi connectivity index (χ1v) is 7.99. The van der Waals surface area contributed by atoms with E-state index in [1.807, 2.05) is 0 Å². The van der Waals surface area contributed by atoms with Gasteiger partial charge in [-0.2, -0.15) is 0 Å². The molecule has 0 spiro atoms. The highest BCUT2D eigenvalue weighted by Gasteiger charge is 2.35. The second-order valence-corrected chi connectivity index (χ2v) is 6.09. The van der Waals surface area contributed by atoms with Gasteiger partial charge in [0.15, 0.2) is 0 Å². The van der Waals surface area contributed by atoms with Gasteiger partial charge in [-0.25, -0.2) is 0 Å². The molecule has 1 aliphatic carbocycles. The SMILES string of the molecule is CSc1ccc(C(=O)NC2(CO)CCCC2)cc1[N+](=O)[O-]. The van der Waals surface area contributed by atoms with Crippen molar-refractivity contribution in [2.24, 2.45) is 0 Å². The van der Waals surface area contributed by atoms with Gasteiger partial charge in [0.1, 0.15) is 0 Å². The number of nitro groups is 1. The van der Waals surface area contributed by atoms with E-state index < -0.39 is 10.5 Å². The number of nitro benzene ring substituents is 1. The van der Waals surface area contributed by atoms with Crippen molar-refractivity contribution in [1.82, 2.24) is 5.32 Å². The highest BCUT2D eigenvalue weighted by atomic mass is 32.2. The third kappa shape index (κ3) is 3.36. The van der Waals surface area contributed by atoms with Gasteiger partial charge in [0.25, 0.3) is 11.6 Å². The number of carbonyl (C=O) groups is 1. The molecule has 1 amide bonds. The zero-order valence-electron chi connectivity index (χ0n) is 11.8. The van der Waals surface area contributed by atoms with E-state index in [1.54, 1.807) is 18.4 Å². The second kappa shape index (κ2) is 6.44. The maximum absolute atomic E-state index is 12.3. The lowest BCUT2D eigenvalue weighted by Gasteiger charge is -2.28. The number of hydrogen-bond acceptors (Lipinski definition) is 5. The van der Waals surface area contributed by atoms with Crippen LogP contribution < -0.4 is 5.32 Å². The molecular weight excluding hydrogens is 292 g/mol. The van der Waals surface area contributed by atoms with Crippen molar-refractivity contribution in [2.45, 2.75) is 36.1 Å². The van der Waals surface area contributed by atoms with Crippen LogP contribution in [-0.2, 0) is 0 Å². The molecule has 0 aromatic heterocycles. The molecule has 7 heteroatoms. The minimum Gasteiger partial charge on any atom is -0.394 e. The van der Waals surface area contributed by atoms with Crippen LogP contribution in [0.4, 0.5) is 5.69 Å². The number of carbonyl (C=O) groups excluding carboxylic acids is 1. The van der Waals surface area contributed by atoms with Gasteiger partial charge in [-0.15, -0.1) is 11.8 Å². The summed E-state index contributed by atoms with van der Waals surface area (Å²) in [6.07, 6.45) is 5.15. The van der Waals surface area contributed by atoms with Crippen LogP contribution in [0.2, 0.25) is 0 Å². The van der Waals surface area contributed by atoms with Crippen molar-refractivity contribution >= 4 is 23.4 Å². The standard InChI is InChI=1S/C14H18N2O4S/c1-21-12-5-4-10(8-11(12)16(19)20)13(18)15-14(9-17)6-2-3-7-14/h4-5,8,17H,2-3,6-7,9H2,1H3,(H,15,18). The average Bonchev–Trinajstić information content (AvgIpc) is 2.95. The number of aliphatic hydroxyl groups excluding tert-OH is 1. The second-order valence-electron chi connectivity index (χ2n) is 5.24. The summed E-state index contributed by atoms with van der Waals surface area (Å²) in [5.74, 6) is -0.373. The molecule has 6 nitrogen and oxygen atoms in total. The summed E-state index contributed by atoms with van der Waals surface area (Å²) in [7, 11) is 0. The first-order valence-electron chi connectivity index (χ1n) is 6.77. The number of rotatable bonds is 5. The summed E-state index contributed by atoms with van der Waals surface area (Å²) in [6, 6.07) is 4.45. The zero-order valence-corrected chi connectivity index (χ0v) is 12.6. The number of nitrogens with one attached hydrogen (secondary N) is 1. The van der Waals surface area contributed by atoms with E-state index in [0.717, 1.165) is 25.7 Å². The fourth-order valence-corrected chi connectivity index (χ4v) is 3.21.